The Morgan fingerprint density at radius 2 is 1.59 bits per heavy atom. The number of methoxy groups -OCH3 is 3. The van der Waals surface area contributed by atoms with Gasteiger partial charge in [-0.2, -0.15) is 0 Å². The van der Waals surface area contributed by atoms with Crippen molar-refractivity contribution in [3.8, 4) is 17.2 Å². The maximum atomic E-state index is 13.1. The van der Waals surface area contributed by atoms with Crippen LogP contribution in [0.3, 0.4) is 0 Å². The Labute approximate surface area is 189 Å². The van der Waals surface area contributed by atoms with Gasteiger partial charge in [-0.25, -0.2) is 0 Å². The maximum Gasteiger partial charge on any atom is 0.254 e. The minimum Gasteiger partial charge on any atom is -0.493 e. The second kappa shape index (κ2) is 10.9. The lowest BCUT2D eigenvalue weighted by Gasteiger charge is -2.32. The number of hydrogen-bond acceptors (Lipinski definition) is 5. The highest BCUT2D eigenvalue weighted by Gasteiger charge is 2.27. The van der Waals surface area contributed by atoms with Gasteiger partial charge in [-0.3, -0.25) is 9.59 Å². The molecular formula is C25H32N2O5. The predicted molar refractivity (Wildman–Crippen MR) is 122 cm³/mol. The molecule has 1 heterocycles. The van der Waals surface area contributed by atoms with Crippen molar-refractivity contribution in [2.75, 3.05) is 34.4 Å². The van der Waals surface area contributed by atoms with E-state index in [9.17, 15) is 9.59 Å². The topological polar surface area (TPSA) is 77.1 Å². The fraction of sp³-hybridized carbons (Fsp3) is 0.440. The Morgan fingerprint density at radius 1 is 1.00 bits per heavy atom. The van der Waals surface area contributed by atoms with Crippen LogP contribution in [0.15, 0.2) is 42.5 Å². The van der Waals surface area contributed by atoms with Crippen molar-refractivity contribution >= 4 is 11.8 Å². The first kappa shape index (κ1) is 23.4. The smallest absolute Gasteiger partial charge is 0.254 e. The number of piperidine rings is 1. The molecule has 2 amide bonds. The molecule has 1 atom stereocenters. The van der Waals surface area contributed by atoms with Crippen molar-refractivity contribution in [2.45, 2.75) is 32.2 Å². The normalized spacial score (nSPS) is 15.1. The average Bonchev–Trinajstić information content (AvgIpc) is 2.83. The Bertz CT molecular complexity index is 898. The molecule has 0 unspecified atom stereocenters. The Balaban J connectivity index is 1.55. The molecule has 0 radical (unpaired) electrons. The number of carbonyl (C=O) groups is 2. The number of benzene rings is 2. The molecule has 2 aromatic rings. The monoisotopic (exact) mass is 440 g/mol. The van der Waals surface area contributed by atoms with Gasteiger partial charge in [0.25, 0.3) is 5.91 Å². The van der Waals surface area contributed by atoms with E-state index in [4.69, 9.17) is 14.2 Å². The molecule has 0 saturated carbocycles. The van der Waals surface area contributed by atoms with Gasteiger partial charge in [-0.05, 0) is 43.4 Å². The molecule has 1 saturated heterocycles. The van der Waals surface area contributed by atoms with Crippen molar-refractivity contribution < 1.29 is 23.8 Å². The van der Waals surface area contributed by atoms with Crippen molar-refractivity contribution in [1.29, 1.82) is 0 Å². The van der Waals surface area contributed by atoms with Gasteiger partial charge in [0.05, 0.1) is 27.4 Å². The van der Waals surface area contributed by atoms with Crippen LogP contribution in [0.5, 0.6) is 17.2 Å². The summed E-state index contributed by atoms with van der Waals surface area (Å²) in [6.07, 6.45) is 2.07. The minimum absolute atomic E-state index is 0.0228. The zero-order valence-electron chi connectivity index (χ0n) is 19.2. The molecule has 0 aliphatic carbocycles. The summed E-state index contributed by atoms with van der Waals surface area (Å²) in [5.41, 5.74) is 1.58. The first-order valence-corrected chi connectivity index (χ1v) is 10.9. The first-order chi connectivity index (χ1) is 15.5. The van der Waals surface area contributed by atoms with E-state index < -0.39 is 0 Å². The Morgan fingerprint density at radius 3 is 2.12 bits per heavy atom. The van der Waals surface area contributed by atoms with Gasteiger partial charge < -0.3 is 24.4 Å². The molecule has 7 heteroatoms. The lowest BCUT2D eigenvalue weighted by atomic mass is 9.92. The molecule has 0 aromatic heterocycles. The lowest BCUT2D eigenvalue weighted by Crippen LogP contribution is -2.39. The predicted octanol–water partition coefficient (Wildman–Crippen LogP) is 3.83. The molecule has 0 spiro atoms. The van der Waals surface area contributed by atoms with Crippen LogP contribution in [-0.4, -0.2) is 51.1 Å². The van der Waals surface area contributed by atoms with Gasteiger partial charge in [0, 0.05) is 25.1 Å². The fourth-order valence-electron chi connectivity index (χ4n) is 4.11. The highest BCUT2D eigenvalue weighted by Crippen LogP contribution is 2.38. The summed E-state index contributed by atoms with van der Waals surface area (Å²) in [6, 6.07) is 13.3. The summed E-state index contributed by atoms with van der Waals surface area (Å²) >= 11 is 0. The van der Waals surface area contributed by atoms with Gasteiger partial charge in [0.2, 0.25) is 11.7 Å². The number of ether oxygens (including phenoxy) is 3. The van der Waals surface area contributed by atoms with E-state index >= 15 is 0 Å². The molecule has 3 rings (SSSR count). The van der Waals surface area contributed by atoms with E-state index in [2.05, 4.69) is 5.32 Å². The third-order valence-electron chi connectivity index (χ3n) is 5.96. The summed E-state index contributed by atoms with van der Waals surface area (Å²) in [5, 5.41) is 3.08. The van der Waals surface area contributed by atoms with Gasteiger partial charge in [0.15, 0.2) is 11.5 Å². The number of rotatable bonds is 8. The number of amides is 2. The molecule has 2 aromatic carbocycles. The van der Waals surface area contributed by atoms with Crippen molar-refractivity contribution in [3.05, 3.63) is 53.6 Å². The van der Waals surface area contributed by atoms with Crippen LogP contribution in [0.2, 0.25) is 0 Å². The van der Waals surface area contributed by atoms with E-state index in [0.29, 0.717) is 42.3 Å². The second-order valence-corrected chi connectivity index (χ2v) is 8.05. The Hall–Kier alpha value is -3.22. The molecule has 1 fully saturated rings. The molecule has 172 valence electrons. The van der Waals surface area contributed by atoms with Gasteiger partial charge in [0.1, 0.15) is 0 Å². The molecule has 1 N–H and O–H groups in total. The number of nitrogens with one attached hydrogen (secondary N) is 1. The number of carbonyl (C=O) groups excluding carboxylic acids is 2. The molecule has 1 aliphatic rings. The average molecular weight is 441 g/mol. The van der Waals surface area contributed by atoms with Gasteiger partial charge >= 0.3 is 0 Å². The van der Waals surface area contributed by atoms with Crippen molar-refractivity contribution in [3.63, 3.8) is 0 Å². The first-order valence-electron chi connectivity index (χ1n) is 10.9. The Kier molecular flexibility index (Phi) is 7.98. The van der Waals surface area contributed by atoms with Gasteiger partial charge in [-0.15, -0.1) is 0 Å². The summed E-state index contributed by atoms with van der Waals surface area (Å²) in [5.74, 6) is 1.60. The van der Waals surface area contributed by atoms with Crippen molar-refractivity contribution in [2.24, 2.45) is 5.92 Å². The number of hydrogen-bond donors (Lipinski definition) is 1. The number of nitrogens with zero attached hydrogens (tertiary/aromatic N) is 1. The summed E-state index contributed by atoms with van der Waals surface area (Å²) < 4.78 is 16.1. The molecule has 0 bridgehead atoms. The summed E-state index contributed by atoms with van der Waals surface area (Å²) in [7, 11) is 4.59. The zero-order chi connectivity index (χ0) is 23.1. The summed E-state index contributed by atoms with van der Waals surface area (Å²) in [4.78, 5) is 27.4. The number of likely N-dealkylation sites (tertiary alicyclic amines) is 1. The molecule has 7 nitrogen and oxygen atoms in total. The fourth-order valence-corrected chi connectivity index (χ4v) is 4.11. The third-order valence-corrected chi connectivity index (χ3v) is 5.96. The summed E-state index contributed by atoms with van der Waals surface area (Å²) in [6.45, 7) is 3.22. The third kappa shape index (κ3) is 5.52. The lowest BCUT2D eigenvalue weighted by molar-refractivity contribution is -0.122. The second-order valence-electron chi connectivity index (χ2n) is 8.05. The van der Waals surface area contributed by atoms with Crippen LogP contribution in [0.25, 0.3) is 0 Å². The zero-order valence-corrected chi connectivity index (χ0v) is 19.2. The van der Waals surface area contributed by atoms with Gasteiger partial charge in [-0.1, -0.05) is 30.3 Å². The maximum absolute atomic E-state index is 13.1. The van der Waals surface area contributed by atoms with E-state index in [1.807, 2.05) is 42.2 Å². The molecular weight excluding hydrogens is 408 g/mol. The van der Waals surface area contributed by atoms with Crippen LogP contribution in [-0.2, 0) is 4.79 Å². The van der Waals surface area contributed by atoms with Crippen molar-refractivity contribution in [1.82, 2.24) is 10.2 Å². The molecule has 32 heavy (non-hydrogen) atoms. The van der Waals surface area contributed by atoms with E-state index in [1.165, 1.54) is 21.3 Å². The SMILES string of the molecule is COc1cc(C(=O)N2CCC(CC(=O)N[C@@H](C)c3ccccc3)CC2)cc(OC)c1OC. The van der Waals surface area contributed by atoms with E-state index in [-0.39, 0.29) is 23.8 Å². The highest BCUT2D eigenvalue weighted by molar-refractivity contribution is 5.95. The van der Waals surface area contributed by atoms with Crippen LogP contribution < -0.4 is 19.5 Å². The minimum atomic E-state index is -0.0788. The van der Waals surface area contributed by atoms with E-state index in [0.717, 1.165) is 18.4 Å². The largest absolute Gasteiger partial charge is 0.493 e. The van der Waals surface area contributed by atoms with E-state index in [1.54, 1.807) is 12.1 Å². The highest BCUT2D eigenvalue weighted by atomic mass is 16.5. The van der Waals surface area contributed by atoms with Crippen LogP contribution in [0.1, 0.15) is 48.1 Å². The molecule has 1 aliphatic heterocycles. The van der Waals surface area contributed by atoms with Crippen LogP contribution in [0.4, 0.5) is 0 Å². The quantitative estimate of drug-likeness (QED) is 0.675. The van der Waals surface area contributed by atoms with Crippen LogP contribution in [0, 0.1) is 5.92 Å². The van der Waals surface area contributed by atoms with Crippen LogP contribution >= 0.6 is 0 Å². The standard InChI is InChI=1S/C25H32N2O5/c1-17(19-8-6-5-7-9-19)26-23(28)14-18-10-12-27(13-11-18)25(29)20-15-21(30-2)24(32-4)22(16-20)31-3/h5-9,15-18H,10-14H2,1-4H3,(H,26,28)/t17-/m0/s1.